The van der Waals surface area contributed by atoms with Gasteiger partial charge in [-0.15, -0.1) is 0 Å². The molecule has 0 spiro atoms. The minimum atomic E-state index is -0.777. The predicted molar refractivity (Wildman–Crippen MR) is 87.9 cm³/mol. The second-order valence-electron chi connectivity index (χ2n) is 6.24. The molecular weight excluding hydrogens is 336 g/mol. The molecule has 1 aromatic carbocycles. The number of benzene rings is 1. The van der Waals surface area contributed by atoms with Crippen LogP contribution >= 0.6 is 11.6 Å². The van der Waals surface area contributed by atoms with E-state index in [1.54, 1.807) is 4.90 Å². The van der Waals surface area contributed by atoms with Crippen LogP contribution in [0.5, 0.6) is 0 Å². The number of halogens is 1. The molecule has 0 aromatic heterocycles. The van der Waals surface area contributed by atoms with E-state index >= 15 is 0 Å². The fourth-order valence-corrected chi connectivity index (χ4v) is 3.20. The van der Waals surface area contributed by atoms with E-state index in [-0.39, 0.29) is 28.8 Å². The Morgan fingerprint density at radius 2 is 1.96 bits per heavy atom. The highest BCUT2D eigenvalue weighted by molar-refractivity contribution is 6.33. The van der Waals surface area contributed by atoms with Crippen molar-refractivity contribution in [2.45, 2.75) is 20.3 Å². The van der Waals surface area contributed by atoms with Crippen LogP contribution in [0, 0.1) is 22.0 Å². The van der Waals surface area contributed by atoms with E-state index in [9.17, 15) is 19.7 Å². The lowest BCUT2D eigenvalue weighted by molar-refractivity contribution is -0.384. The summed E-state index contributed by atoms with van der Waals surface area (Å²) in [4.78, 5) is 35.9. The minimum Gasteiger partial charge on any atom is -0.452 e. The second-order valence-corrected chi connectivity index (χ2v) is 6.65. The average Bonchev–Trinajstić information content (AvgIpc) is 2.51. The standard InChI is InChI=1S/C16H19ClN2O5/c1-10-5-11(2)8-18(7-10)15(20)9-24-16(21)13-4-3-12(19(22)23)6-14(13)17/h3-4,6,10-11H,5,7-9H2,1-2H3/t10-,11+. The van der Waals surface area contributed by atoms with Gasteiger partial charge in [0.25, 0.3) is 11.6 Å². The molecule has 1 fully saturated rings. The van der Waals surface area contributed by atoms with Crippen LogP contribution in [0.1, 0.15) is 30.6 Å². The van der Waals surface area contributed by atoms with Gasteiger partial charge in [0.05, 0.1) is 15.5 Å². The van der Waals surface area contributed by atoms with E-state index in [0.717, 1.165) is 18.6 Å². The highest BCUT2D eigenvalue weighted by Crippen LogP contribution is 2.24. The first kappa shape index (κ1) is 18.2. The van der Waals surface area contributed by atoms with Crippen molar-refractivity contribution >= 4 is 29.2 Å². The zero-order chi connectivity index (χ0) is 17.9. The number of ether oxygens (including phenoxy) is 1. The van der Waals surface area contributed by atoms with E-state index < -0.39 is 10.9 Å². The number of nitrogens with zero attached hydrogens (tertiary/aromatic N) is 2. The fraction of sp³-hybridized carbons (Fsp3) is 0.500. The Hall–Kier alpha value is -2.15. The molecule has 0 unspecified atom stereocenters. The molecule has 2 rings (SSSR count). The van der Waals surface area contributed by atoms with Crippen LogP contribution < -0.4 is 0 Å². The van der Waals surface area contributed by atoms with Gasteiger partial charge < -0.3 is 9.64 Å². The zero-order valence-corrected chi connectivity index (χ0v) is 14.3. The number of amides is 1. The molecule has 1 aliphatic rings. The van der Waals surface area contributed by atoms with Gasteiger partial charge in [-0.2, -0.15) is 0 Å². The number of carbonyl (C=O) groups is 2. The summed E-state index contributed by atoms with van der Waals surface area (Å²) >= 11 is 5.87. The third-order valence-electron chi connectivity index (χ3n) is 3.93. The Kier molecular flexibility index (Phi) is 5.77. The summed E-state index contributed by atoms with van der Waals surface area (Å²) in [6.45, 7) is 5.10. The maximum absolute atomic E-state index is 12.2. The van der Waals surface area contributed by atoms with E-state index in [2.05, 4.69) is 13.8 Å². The molecule has 0 bridgehead atoms. The molecule has 1 aliphatic heterocycles. The summed E-state index contributed by atoms with van der Waals surface area (Å²) in [5.74, 6) is -0.198. The van der Waals surface area contributed by atoms with Crippen LogP contribution in [0.4, 0.5) is 5.69 Å². The summed E-state index contributed by atoms with van der Waals surface area (Å²) in [5.41, 5.74) is -0.223. The number of nitro groups is 1. The quantitative estimate of drug-likeness (QED) is 0.471. The van der Waals surface area contributed by atoms with Gasteiger partial charge in [-0.3, -0.25) is 14.9 Å². The summed E-state index contributed by atoms with van der Waals surface area (Å²) in [7, 11) is 0. The number of piperidine rings is 1. The molecule has 0 radical (unpaired) electrons. The number of nitro benzene ring substituents is 1. The lowest BCUT2D eigenvalue weighted by Gasteiger charge is -2.34. The largest absolute Gasteiger partial charge is 0.452 e. The first-order valence-electron chi connectivity index (χ1n) is 7.66. The molecule has 1 aromatic rings. The number of esters is 1. The maximum atomic E-state index is 12.2. The number of hydrogen-bond donors (Lipinski definition) is 0. The molecule has 1 amide bonds. The van der Waals surface area contributed by atoms with Crippen molar-refractivity contribution in [3.63, 3.8) is 0 Å². The van der Waals surface area contributed by atoms with Crippen molar-refractivity contribution in [3.8, 4) is 0 Å². The van der Waals surface area contributed by atoms with Crippen LogP contribution in [0.2, 0.25) is 5.02 Å². The lowest BCUT2D eigenvalue weighted by atomic mass is 9.92. The van der Waals surface area contributed by atoms with Gasteiger partial charge in [-0.05, 0) is 24.3 Å². The average molecular weight is 355 g/mol. The highest BCUT2D eigenvalue weighted by atomic mass is 35.5. The normalized spacial score (nSPS) is 20.5. The molecule has 1 saturated heterocycles. The number of hydrogen-bond acceptors (Lipinski definition) is 5. The van der Waals surface area contributed by atoms with Gasteiger partial charge in [0.15, 0.2) is 6.61 Å². The first-order valence-corrected chi connectivity index (χ1v) is 8.04. The minimum absolute atomic E-state index is 0.00422. The van der Waals surface area contributed by atoms with Crippen molar-refractivity contribution in [3.05, 3.63) is 38.9 Å². The van der Waals surface area contributed by atoms with E-state index in [1.165, 1.54) is 6.07 Å². The van der Waals surface area contributed by atoms with Crippen LogP contribution in [0.15, 0.2) is 18.2 Å². The van der Waals surface area contributed by atoms with Crippen molar-refractivity contribution < 1.29 is 19.2 Å². The monoisotopic (exact) mass is 354 g/mol. The number of non-ortho nitro benzene ring substituents is 1. The number of rotatable bonds is 4. The number of carbonyl (C=O) groups excluding carboxylic acids is 2. The Morgan fingerprint density at radius 3 is 2.50 bits per heavy atom. The van der Waals surface area contributed by atoms with E-state index in [1.807, 2.05) is 0 Å². The van der Waals surface area contributed by atoms with Gasteiger partial charge in [0.1, 0.15) is 0 Å². The molecule has 1 heterocycles. The summed E-state index contributed by atoms with van der Waals surface area (Å²) in [6, 6.07) is 3.46. The number of likely N-dealkylation sites (tertiary alicyclic amines) is 1. The molecule has 7 nitrogen and oxygen atoms in total. The lowest BCUT2D eigenvalue weighted by Crippen LogP contribution is -2.44. The Balaban J connectivity index is 1.95. The third-order valence-corrected chi connectivity index (χ3v) is 4.24. The maximum Gasteiger partial charge on any atom is 0.340 e. The molecule has 0 aliphatic carbocycles. The SMILES string of the molecule is C[C@@H]1C[C@H](C)CN(C(=O)COC(=O)c2ccc([N+](=O)[O-])cc2Cl)C1. The van der Waals surface area contributed by atoms with Gasteiger partial charge in [0.2, 0.25) is 0 Å². The summed E-state index contributed by atoms with van der Waals surface area (Å²) in [6.07, 6.45) is 1.07. The van der Waals surface area contributed by atoms with E-state index in [0.29, 0.717) is 24.9 Å². The van der Waals surface area contributed by atoms with Crippen molar-refractivity contribution in [2.24, 2.45) is 11.8 Å². The van der Waals surface area contributed by atoms with E-state index in [4.69, 9.17) is 16.3 Å². The molecule has 2 atom stereocenters. The first-order chi connectivity index (χ1) is 11.3. The van der Waals surface area contributed by atoms with Crippen LogP contribution in [-0.2, 0) is 9.53 Å². The summed E-state index contributed by atoms with van der Waals surface area (Å²) < 4.78 is 5.01. The molecule has 8 heteroatoms. The van der Waals surface area contributed by atoms with Crippen LogP contribution in [0.3, 0.4) is 0 Å². The van der Waals surface area contributed by atoms with Crippen molar-refractivity contribution in [2.75, 3.05) is 19.7 Å². The summed E-state index contributed by atoms with van der Waals surface area (Å²) in [5, 5.41) is 10.6. The van der Waals surface area contributed by atoms with Crippen molar-refractivity contribution in [1.29, 1.82) is 0 Å². The van der Waals surface area contributed by atoms with Gasteiger partial charge in [-0.1, -0.05) is 25.4 Å². The third kappa shape index (κ3) is 4.44. The molecule has 0 N–H and O–H groups in total. The molecule has 130 valence electrons. The second kappa shape index (κ2) is 7.61. The van der Waals surface area contributed by atoms with Crippen LogP contribution in [-0.4, -0.2) is 41.4 Å². The smallest absolute Gasteiger partial charge is 0.340 e. The Labute approximate surface area is 144 Å². The topological polar surface area (TPSA) is 89.8 Å². The highest BCUT2D eigenvalue weighted by Gasteiger charge is 2.26. The van der Waals surface area contributed by atoms with Crippen molar-refractivity contribution in [1.82, 2.24) is 4.90 Å². The molecule has 24 heavy (non-hydrogen) atoms. The Bertz CT molecular complexity index is 654. The van der Waals surface area contributed by atoms with Gasteiger partial charge in [0, 0.05) is 25.2 Å². The fourth-order valence-electron chi connectivity index (χ4n) is 2.95. The van der Waals surface area contributed by atoms with Crippen LogP contribution in [0.25, 0.3) is 0 Å². The van der Waals surface area contributed by atoms with Gasteiger partial charge in [-0.25, -0.2) is 4.79 Å². The predicted octanol–water partition coefficient (Wildman–Crippen LogP) is 2.91. The van der Waals surface area contributed by atoms with Gasteiger partial charge >= 0.3 is 5.97 Å². The molecular formula is C16H19ClN2O5. The molecule has 0 saturated carbocycles. The zero-order valence-electron chi connectivity index (χ0n) is 13.5. The Morgan fingerprint density at radius 1 is 1.33 bits per heavy atom.